The van der Waals surface area contributed by atoms with E-state index in [0.29, 0.717) is 11.3 Å². The van der Waals surface area contributed by atoms with Crippen LogP contribution in [0, 0.1) is 0 Å². The molecule has 0 fully saturated rings. The van der Waals surface area contributed by atoms with Crippen LogP contribution in [0.1, 0.15) is 16.2 Å². The number of hydrogen-bond donors (Lipinski definition) is 1. The third-order valence-corrected chi connectivity index (χ3v) is 5.92. The number of sulfonamides is 1. The van der Waals surface area contributed by atoms with Gasteiger partial charge in [0.25, 0.3) is 0 Å². The van der Waals surface area contributed by atoms with Gasteiger partial charge in [0.05, 0.1) is 12.0 Å². The number of benzene rings is 2. The van der Waals surface area contributed by atoms with Crippen molar-refractivity contribution in [3.63, 3.8) is 0 Å². The van der Waals surface area contributed by atoms with E-state index in [2.05, 4.69) is 15.5 Å². The molecule has 0 aliphatic heterocycles. The molecule has 0 bridgehead atoms. The van der Waals surface area contributed by atoms with Crippen molar-refractivity contribution in [2.45, 2.75) is 11.4 Å². The van der Waals surface area contributed by atoms with Gasteiger partial charge in [0.2, 0.25) is 15.9 Å². The highest BCUT2D eigenvalue weighted by atomic mass is 32.2. The predicted molar refractivity (Wildman–Crippen MR) is 105 cm³/mol. The Morgan fingerprint density at radius 3 is 2.52 bits per heavy atom. The summed E-state index contributed by atoms with van der Waals surface area (Å²) in [6.07, 6.45) is 0. The van der Waals surface area contributed by atoms with Crippen LogP contribution in [0.25, 0.3) is 11.5 Å². The molecule has 0 atom stereocenters. The highest BCUT2D eigenvalue weighted by Crippen LogP contribution is 2.21. The van der Waals surface area contributed by atoms with Crippen molar-refractivity contribution in [3.8, 4) is 17.2 Å². The van der Waals surface area contributed by atoms with Crippen molar-refractivity contribution < 1.29 is 22.4 Å². The average Bonchev–Trinajstić information content (AvgIpc) is 3.22. The summed E-state index contributed by atoms with van der Waals surface area (Å²) in [5.74, 6) is 0.105. The normalized spacial score (nSPS) is 11.4. The highest BCUT2D eigenvalue weighted by Gasteiger charge is 2.19. The first kappa shape index (κ1) is 20.5. The molecule has 10 heteroatoms. The third-order valence-electron chi connectivity index (χ3n) is 4.09. The number of hydrogen-bond acceptors (Lipinski definition) is 7. The quantitative estimate of drug-likeness (QED) is 0.626. The molecule has 3 rings (SSSR count). The minimum atomic E-state index is -3.53. The van der Waals surface area contributed by atoms with Crippen molar-refractivity contribution >= 4 is 15.9 Å². The van der Waals surface area contributed by atoms with Gasteiger partial charge < -0.3 is 14.5 Å². The molecule has 29 heavy (non-hydrogen) atoms. The molecule has 1 heterocycles. The lowest BCUT2D eigenvalue weighted by atomic mass is 10.2. The van der Waals surface area contributed by atoms with E-state index in [1.165, 1.54) is 26.2 Å². The van der Waals surface area contributed by atoms with Gasteiger partial charge >= 0.3 is 11.8 Å². The topological polar surface area (TPSA) is 115 Å². The van der Waals surface area contributed by atoms with E-state index in [9.17, 15) is 13.2 Å². The van der Waals surface area contributed by atoms with Gasteiger partial charge in [-0.3, -0.25) is 4.79 Å². The van der Waals surface area contributed by atoms with Crippen LogP contribution in [0.4, 0.5) is 0 Å². The van der Waals surface area contributed by atoms with Gasteiger partial charge in [-0.15, -0.1) is 10.2 Å². The van der Waals surface area contributed by atoms with Crippen LogP contribution >= 0.6 is 0 Å². The van der Waals surface area contributed by atoms with Crippen LogP contribution in [0.15, 0.2) is 57.8 Å². The number of rotatable bonds is 7. The molecule has 0 saturated heterocycles. The summed E-state index contributed by atoms with van der Waals surface area (Å²) in [6, 6.07) is 13.3. The van der Waals surface area contributed by atoms with Crippen LogP contribution in [0.5, 0.6) is 5.75 Å². The molecule has 0 radical (unpaired) electrons. The first-order chi connectivity index (χ1) is 13.8. The number of nitrogens with zero attached hydrogens (tertiary/aromatic N) is 3. The van der Waals surface area contributed by atoms with E-state index in [4.69, 9.17) is 9.15 Å². The van der Waals surface area contributed by atoms with Crippen LogP contribution < -0.4 is 10.1 Å². The van der Waals surface area contributed by atoms with Gasteiger partial charge in [-0.25, -0.2) is 12.7 Å². The standard InChI is InChI=1S/C19H20N4O5S/c1-23(2)29(25,26)16-9-7-14(8-10-16)18-21-22-19(28-18)17(24)20-12-13-5-4-6-15(11-13)27-3/h4-11H,12H2,1-3H3,(H,20,24). The van der Waals surface area contributed by atoms with Crippen molar-refractivity contribution in [3.05, 3.63) is 60.0 Å². The van der Waals surface area contributed by atoms with Crippen molar-refractivity contribution in [2.24, 2.45) is 0 Å². The second-order valence-electron chi connectivity index (χ2n) is 6.26. The number of carbonyl (C=O) groups is 1. The first-order valence-electron chi connectivity index (χ1n) is 8.59. The van der Waals surface area contributed by atoms with Gasteiger partial charge in [-0.05, 0) is 42.0 Å². The predicted octanol–water partition coefficient (Wildman–Crippen LogP) is 1.93. The van der Waals surface area contributed by atoms with Gasteiger partial charge in [-0.2, -0.15) is 0 Å². The van der Waals surface area contributed by atoms with Crippen LogP contribution in [-0.4, -0.2) is 50.0 Å². The fraction of sp³-hybridized carbons (Fsp3) is 0.211. The van der Waals surface area contributed by atoms with E-state index in [0.717, 1.165) is 9.87 Å². The van der Waals surface area contributed by atoms with E-state index >= 15 is 0 Å². The molecule has 3 aromatic rings. The molecular formula is C19H20N4O5S. The van der Waals surface area contributed by atoms with Gasteiger partial charge in [0.1, 0.15) is 5.75 Å². The molecule has 9 nitrogen and oxygen atoms in total. The molecule has 0 saturated carbocycles. The van der Waals surface area contributed by atoms with E-state index in [1.54, 1.807) is 19.2 Å². The molecule has 0 aliphatic rings. The maximum Gasteiger partial charge on any atom is 0.309 e. The maximum absolute atomic E-state index is 12.3. The zero-order chi connectivity index (χ0) is 21.0. The molecule has 0 aliphatic carbocycles. The molecule has 2 aromatic carbocycles. The van der Waals surface area contributed by atoms with Crippen molar-refractivity contribution in [1.82, 2.24) is 19.8 Å². The Kier molecular flexibility index (Phi) is 5.95. The summed E-state index contributed by atoms with van der Waals surface area (Å²) in [4.78, 5) is 12.4. The Labute approximate surface area is 168 Å². The molecule has 1 amide bonds. The Balaban J connectivity index is 1.69. The molecule has 1 N–H and O–H groups in total. The number of amides is 1. The first-order valence-corrected chi connectivity index (χ1v) is 10.0. The molecule has 1 aromatic heterocycles. The number of carbonyl (C=O) groups excluding carboxylic acids is 1. The SMILES string of the molecule is COc1cccc(CNC(=O)c2nnc(-c3ccc(S(=O)(=O)N(C)C)cc3)o2)c1. The summed E-state index contributed by atoms with van der Waals surface area (Å²) >= 11 is 0. The van der Waals surface area contributed by atoms with E-state index < -0.39 is 15.9 Å². The van der Waals surface area contributed by atoms with Crippen molar-refractivity contribution in [1.29, 1.82) is 0 Å². The van der Waals surface area contributed by atoms with E-state index in [1.807, 2.05) is 24.3 Å². The third kappa shape index (κ3) is 4.61. The summed E-state index contributed by atoms with van der Waals surface area (Å²) in [7, 11) is 0.952. The number of ether oxygens (including phenoxy) is 1. The molecular weight excluding hydrogens is 396 g/mol. The van der Waals surface area contributed by atoms with Gasteiger partial charge in [0, 0.05) is 26.2 Å². The summed E-state index contributed by atoms with van der Waals surface area (Å²) in [5.41, 5.74) is 1.36. The number of nitrogens with one attached hydrogen (secondary N) is 1. The lowest BCUT2D eigenvalue weighted by molar-refractivity contribution is 0.0916. The monoisotopic (exact) mass is 416 g/mol. The van der Waals surface area contributed by atoms with Gasteiger partial charge in [0.15, 0.2) is 0 Å². The largest absolute Gasteiger partial charge is 0.497 e. The Hall–Kier alpha value is -3.24. The van der Waals surface area contributed by atoms with Crippen LogP contribution in [0.3, 0.4) is 0 Å². The molecule has 0 unspecified atom stereocenters. The Morgan fingerprint density at radius 1 is 1.14 bits per heavy atom. The number of methoxy groups -OCH3 is 1. The lowest BCUT2D eigenvalue weighted by Crippen LogP contribution is -2.23. The van der Waals surface area contributed by atoms with Crippen molar-refractivity contribution in [2.75, 3.05) is 21.2 Å². The molecule has 152 valence electrons. The minimum absolute atomic E-state index is 0.116. The second kappa shape index (κ2) is 8.41. The fourth-order valence-electron chi connectivity index (χ4n) is 2.45. The van der Waals surface area contributed by atoms with Crippen LogP contribution in [0.2, 0.25) is 0 Å². The Bertz CT molecular complexity index is 1110. The van der Waals surface area contributed by atoms with Crippen LogP contribution in [-0.2, 0) is 16.6 Å². The highest BCUT2D eigenvalue weighted by molar-refractivity contribution is 7.89. The molecule has 0 spiro atoms. The lowest BCUT2D eigenvalue weighted by Gasteiger charge is -2.11. The minimum Gasteiger partial charge on any atom is -0.497 e. The van der Waals surface area contributed by atoms with E-state index in [-0.39, 0.29) is 23.2 Å². The fourth-order valence-corrected chi connectivity index (χ4v) is 3.35. The summed E-state index contributed by atoms with van der Waals surface area (Å²) in [6.45, 7) is 0.269. The second-order valence-corrected chi connectivity index (χ2v) is 8.41. The number of aromatic nitrogens is 2. The average molecular weight is 416 g/mol. The zero-order valence-electron chi connectivity index (χ0n) is 16.1. The smallest absolute Gasteiger partial charge is 0.309 e. The maximum atomic E-state index is 12.3. The Morgan fingerprint density at radius 2 is 1.86 bits per heavy atom. The van der Waals surface area contributed by atoms with Gasteiger partial charge in [-0.1, -0.05) is 12.1 Å². The summed E-state index contributed by atoms with van der Waals surface area (Å²) < 4.78 is 35.9. The summed E-state index contributed by atoms with van der Waals surface area (Å²) in [5, 5.41) is 10.3. The zero-order valence-corrected chi connectivity index (χ0v) is 16.9.